The number of thioether (sulfide) groups is 1. The summed E-state index contributed by atoms with van der Waals surface area (Å²) in [4.78, 5) is 0. The van der Waals surface area contributed by atoms with E-state index in [-0.39, 0.29) is 0 Å². The summed E-state index contributed by atoms with van der Waals surface area (Å²) in [6, 6.07) is 0.559. The van der Waals surface area contributed by atoms with Crippen molar-refractivity contribution in [3.63, 3.8) is 0 Å². The predicted octanol–water partition coefficient (Wildman–Crippen LogP) is 0.936. The molecular weight excluding hydrogens is 210 g/mol. The summed E-state index contributed by atoms with van der Waals surface area (Å²) in [6.07, 6.45) is 0. The molecule has 0 spiro atoms. The fourth-order valence-electron chi connectivity index (χ4n) is 1.01. The van der Waals surface area contributed by atoms with Gasteiger partial charge in [0, 0.05) is 25.4 Å². The number of nitrogens with one attached hydrogen (secondary N) is 1. The van der Waals surface area contributed by atoms with Crippen molar-refractivity contribution < 1.29 is 0 Å². The van der Waals surface area contributed by atoms with Crippen LogP contribution < -0.4 is 5.32 Å². The zero-order valence-corrected chi connectivity index (χ0v) is 10.6. The largest absolute Gasteiger partial charge is 0.313 e. The van der Waals surface area contributed by atoms with E-state index in [9.17, 15) is 0 Å². The van der Waals surface area contributed by atoms with E-state index in [4.69, 9.17) is 0 Å². The Morgan fingerprint density at radius 3 is 2.67 bits per heavy atom. The van der Waals surface area contributed by atoms with Gasteiger partial charge >= 0.3 is 0 Å². The lowest BCUT2D eigenvalue weighted by Crippen LogP contribution is -2.32. The lowest BCUT2D eigenvalue weighted by molar-refractivity contribution is 0.438. The molecule has 0 saturated carbocycles. The third kappa shape index (κ3) is 4.17. The molecule has 1 aromatic heterocycles. The molecule has 5 nitrogen and oxygen atoms in total. The first kappa shape index (κ1) is 12.4. The number of aromatic nitrogens is 4. The van der Waals surface area contributed by atoms with E-state index >= 15 is 0 Å². The normalized spacial score (nSPS) is 13.4. The molecule has 1 atom stereocenters. The van der Waals surface area contributed by atoms with Crippen molar-refractivity contribution >= 4 is 11.8 Å². The number of nitrogens with zero attached hydrogens (tertiary/aromatic N) is 4. The lowest BCUT2D eigenvalue weighted by atomic mass is 10.1. The smallest absolute Gasteiger partial charge is 0.209 e. The number of tetrazole rings is 1. The molecule has 0 aliphatic heterocycles. The number of hydrogen-bond donors (Lipinski definition) is 1. The van der Waals surface area contributed by atoms with E-state index in [0.29, 0.717) is 12.0 Å². The molecule has 0 bridgehead atoms. The van der Waals surface area contributed by atoms with Crippen LogP contribution in [0.2, 0.25) is 0 Å². The van der Waals surface area contributed by atoms with Gasteiger partial charge in [-0.1, -0.05) is 25.6 Å². The minimum atomic E-state index is 0.559. The molecule has 86 valence electrons. The lowest BCUT2D eigenvalue weighted by Gasteiger charge is -2.16. The Labute approximate surface area is 95.0 Å². The van der Waals surface area contributed by atoms with Gasteiger partial charge < -0.3 is 5.32 Å². The van der Waals surface area contributed by atoms with Crippen LogP contribution in [0.4, 0.5) is 0 Å². The Balaban J connectivity index is 2.15. The van der Waals surface area contributed by atoms with Crippen molar-refractivity contribution in [1.82, 2.24) is 25.5 Å². The van der Waals surface area contributed by atoms with Crippen LogP contribution >= 0.6 is 11.8 Å². The van der Waals surface area contributed by atoms with Gasteiger partial charge in [-0.3, -0.25) is 0 Å². The van der Waals surface area contributed by atoms with Gasteiger partial charge in [-0.15, -0.1) is 5.10 Å². The van der Waals surface area contributed by atoms with Crippen LogP contribution in [0, 0.1) is 5.92 Å². The van der Waals surface area contributed by atoms with Crippen LogP contribution in [0.25, 0.3) is 0 Å². The van der Waals surface area contributed by atoms with Crippen molar-refractivity contribution in [2.75, 3.05) is 12.3 Å². The average molecular weight is 229 g/mol. The second-order valence-electron chi connectivity index (χ2n) is 3.92. The summed E-state index contributed by atoms with van der Waals surface area (Å²) < 4.78 is 1.69. The fraction of sp³-hybridized carbons (Fsp3) is 0.889. The third-order valence-corrected chi connectivity index (χ3v) is 3.39. The maximum Gasteiger partial charge on any atom is 0.209 e. The zero-order chi connectivity index (χ0) is 11.3. The van der Waals surface area contributed by atoms with E-state index in [1.54, 1.807) is 16.4 Å². The summed E-state index contributed by atoms with van der Waals surface area (Å²) in [6.45, 7) is 7.63. The summed E-state index contributed by atoms with van der Waals surface area (Å²) in [7, 11) is 1.85. The molecule has 1 unspecified atom stereocenters. The van der Waals surface area contributed by atoms with Gasteiger partial charge in [0.05, 0.1) is 0 Å². The molecule has 0 aromatic carbocycles. The standard InChI is InChI=1S/C9H19N5S/c1-7(2)8(3)10-5-6-15-9-11-12-13-14(9)4/h7-8,10H,5-6H2,1-4H3. The van der Waals surface area contributed by atoms with Crippen LogP contribution in [-0.4, -0.2) is 38.5 Å². The molecule has 0 saturated heterocycles. The Hall–Kier alpha value is -0.620. The molecule has 0 amide bonds. The maximum absolute atomic E-state index is 3.90. The van der Waals surface area contributed by atoms with Crippen molar-refractivity contribution in [2.24, 2.45) is 13.0 Å². The van der Waals surface area contributed by atoms with Gasteiger partial charge in [-0.2, -0.15) is 0 Å². The van der Waals surface area contributed by atoms with E-state index < -0.39 is 0 Å². The number of hydrogen-bond acceptors (Lipinski definition) is 5. The minimum Gasteiger partial charge on any atom is -0.313 e. The van der Waals surface area contributed by atoms with Gasteiger partial charge in [0.2, 0.25) is 5.16 Å². The van der Waals surface area contributed by atoms with Gasteiger partial charge in [0.1, 0.15) is 0 Å². The first-order chi connectivity index (χ1) is 7.11. The summed E-state index contributed by atoms with van der Waals surface area (Å²) in [5, 5.41) is 15.6. The topological polar surface area (TPSA) is 55.6 Å². The highest BCUT2D eigenvalue weighted by Gasteiger charge is 2.06. The van der Waals surface area contributed by atoms with E-state index in [2.05, 4.69) is 41.6 Å². The summed E-state index contributed by atoms with van der Waals surface area (Å²) in [5.41, 5.74) is 0. The Kier molecular flexibility index (Phi) is 5.04. The van der Waals surface area contributed by atoms with E-state index in [1.807, 2.05) is 7.05 Å². The van der Waals surface area contributed by atoms with Crippen LogP contribution in [0.5, 0.6) is 0 Å². The summed E-state index contributed by atoms with van der Waals surface area (Å²) >= 11 is 1.67. The van der Waals surface area contributed by atoms with Crippen LogP contribution in [0.3, 0.4) is 0 Å². The monoisotopic (exact) mass is 229 g/mol. The molecule has 0 radical (unpaired) electrons. The third-order valence-electron chi connectivity index (χ3n) is 2.38. The molecule has 15 heavy (non-hydrogen) atoms. The first-order valence-corrected chi connectivity index (χ1v) is 6.18. The van der Waals surface area contributed by atoms with Crippen molar-refractivity contribution in [2.45, 2.75) is 32.0 Å². The highest BCUT2D eigenvalue weighted by atomic mass is 32.2. The molecule has 1 aromatic rings. The van der Waals surface area contributed by atoms with E-state index in [0.717, 1.165) is 17.5 Å². The van der Waals surface area contributed by atoms with Gasteiger partial charge in [-0.05, 0) is 23.3 Å². The quantitative estimate of drug-likeness (QED) is 0.581. The van der Waals surface area contributed by atoms with Crippen LogP contribution in [0.15, 0.2) is 5.16 Å². The van der Waals surface area contributed by atoms with Crippen molar-refractivity contribution in [3.05, 3.63) is 0 Å². The number of aryl methyl sites for hydroxylation is 1. The van der Waals surface area contributed by atoms with Gasteiger partial charge in [0.25, 0.3) is 0 Å². The molecule has 1 heterocycles. The minimum absolute atomic E-state index is 0.559. The highest BCUT2D eigenvalue weighted by Crippen LogP contribution is 2.11. The Morgan fingerprint density at radius 1 is 1.40 bits per heavy atom. The first-order valence-electron chi connectivity index (χ1n) is 5.19. The molecule has 0 fully saturated rings. The second kappa shape index (κ2) is 6.07. The zero-order valence-electron chi connectivity index (χ0n) is 9.77. The molecule has 1 rings (SSSR count). The second-order valence-corrected chi connectivity index (χ2v) is 4.98. The molecule has 1 N–H and O–H groups in total. The molecule has 6 heteroatoms. The highest BCUT2D eigenvalue weighted by molar-refractivity contribution is 7.99. The van der Waals surface area contributed by atoms with Crippen LogP contribution in [0.1, 0.15) is 20.8 Å². The van der Waals surface area contributed by atoms with Gasteiger partial charge in [-0.25, -0.2) is 4.68 Å². The SMILES string of the molecule is CC(C)C(C)NCCSc1nnnn1C. The fourth-order valence-corrected chi connectivity index (χ4v) is 1.73. The Morgan fingerprint density at radius 2 is 2.13 bits per heavy atom. The Bertz CT molecular complexity index is 286. The molecule has 0 aliphatic carbocycles. The number of rotatable bonds is 6. The molecular formula is C9H19N5S. The summed E-state index contributed by atoms with van der Waals surface area (Å²) in [5.74, 6) is 1.66. The van der Waals surface area contributed by atoms with Crippen molar-refractivity contribution in [3.8, 4) is 0 Å². The molecule has 0 aliphatic rings. The average Bonchev–Trinajstić information content (AvgIpc) is 2.58. The van der Waals surface area contributed by atoms with E-state index in [1.165, 1.54) is 0 Å². The van der Waals surface area contributed by atoms with Gasteiger partial charge in [0.15, 0.2) is 0 Å². The van der Waals surface area contributed by atoms with Crippen LogP contribution in [-0.2, 0) is 7.05 Å². The predicted molar refractivity (Wildman–Crippen MR) is 61.8 cm³/mol. The van der Waals surface area contributed by atoms with Crippen molar-refractivity contribution in [1.29, 1.82) is 0 Å². The maximum atomic E-state index is 3.90.